The van der Waals surface area contributed by atoms with Gasteiger partial charge in [-0.1, -0.05) is 72.8 Å². The molecule has 4 heterocycles. The second-order valence-electron chi connectivity index (χ2n) is 9.06. The fraction of sp³-hybridized carbons (Fsp3) is 0.200. The van der Waals surface area contributed by atoms with Crippen molar-refractivity contribution in [1.82, 2.24) is 14.8 Å². The Balaban J connectivity index is 0.000000216. The highest BCUT2D eigenvalue weighted by atomic mass is 15.3. The minimum Gasteiger partial charge on any atom is -0.355 e. The van der Waals surface area contributed by atoms with Gasteiger partial charge in [-0.3, -0.25) is 9.80 Å². The van der Waals surface area contributed by atoms with E-state index >= 15 is 0 Å². The number of fused-ring (bicyclic) bond motifs is 6. The zero-order chi connectivity index (χ0) is 22.0. The van der Waals surface area contributed by atoms with Crippen molar-refractivity contribution in [2.45, 2.75) is 0 Å². The molecule has 2 bridgehead atoms. The van der Waals surface area contributed by atoms with E-state index < -0.39 is 0 Å². The molecule has 8 rings (SSSR count). The molecule has 0 amide bonds. The Morgan fingerprint density at radius 2 is 0.818 bits per heavy atom. The van der Waals surface area contributed by atoms with Crippen LogP contribution in [0, 0.1) is 0 Å². The minimum absolute atomic E-state index is 1.18. The molecular formula is C30H29N3. The zero-order valence-electron chi connectivity index (χ0n) is 18.9. The molecule has 164 valence electrons. The van der Waals surface area contributed by atoms with E-state index in [4.69, 9.17) is 0 Å². The Morgan fingerprint density at radius 1 is 0.424 bits per heavy atom. The minimum atomic E-state index is 1.18. The van der Waals surface area contributed by atoms with Crippen molar-refractivity contribution >= 4 is 21.8 Å². The van der Waals surface area contributed by atoms with Gasteiger partial charge in [-0.05, 0) is 46.5 Å². The number of hydrogen-bond acceptors (Lipinski definition) is 2. The Hall–Kier alpha value is -3.40. The van der Waals surface area contributed by atoms with Gasteiger partial charge in [0.05, 0.1) is 0 Å². The Bertz CT molecular complexity index is 1250. The van der Waals surface area contributed by atoms with E-state index in [0.29, 0.717) is 0 Å². The van der Waals surface area contributed by atoms with Crippen LogP contribution < -0.4 is 0 Å². The molecule has 3 aliphatic heterocycles. The summed E-state index contributed by atoms with van der Waals surface area (Å²) in [4.78, 5) is 8.62. The van der Waals surface area contributed by atoms with Crippen molar-refractivity contribution in [2.24, 2.45) is 0 Å². The lowest BCUT2D eigenvalue weighted by molar-refractivity contribution is 0.0647. The molecule has 1 aromatic heterocycles. The standard InChI is InChI=1S/C24H17N.C6H12N2/c1-3-7-17(8-4-1)19-11-13-23-21(15-19)22-16-20(12-14-24(22)25-23)18-9-5-2-6-10-18;1-2-8-5-3-7(1)4-6-8/h1-16,25H;1-6H2. The summed E-state index contributed by atoms with van der Waals surface area (Å²) in [7, 11) is 0. The van der Waals surface area contributed by atoms with Crippen LogP contribution in [0.5, 0.6) is 0 Å². The molecule has 33 heavy (non-hydrogen) atoms. The lowest BCUT2D eigenvalue weighted by Crippen LogP contribution is -2.55. The van der Waals surface area contributed by atoms with Crippen molar-refractivity contribution in [3.63, 3.8) is 0 Å². The van der Waals surface area contributed by atoms with Gasteiger partial charge in [0.1, 0.15) is 0 Å². The highest BCUT2D eigenvalue weighted by Crippen LogP contribution is 2.32. The molecule has 0 spiro atoms. The van der Waals surface area contributed by atoms with Gasteiger partial charge in [0, 0.05) is 61.1 Å². The van der Waals surface area contributed by atoms with Gasteiger partial charge in [0.2, 0.25) is 0 Å². The van der Waals surface area contributed by atoms with Gasteiger partial charge in [-0.2, -0.15) is 0 Å². The molecule has 0 aliphatic carbocycles. The van der Waals surface area contributed by atoms with Crippen molar-refractivity contribution in [3.05, 3.63) is 97.1 Å². The van der Waals surface area contributed by atoms with Gasteiger partial charge in [-0.25, -0.2) is 0 Å². The van der Waals surface area contributed by atoms with Crippen LogP contribution >= 0.6 is 0 Å². The molecule has 3 saturated heterocycles. The van der Waals surface area contributed by atoms with Crippen LogP contribution in [0.1, 0.15) is 0 Å². The third-order valence-electron chi connectivity index (χ3n) is 7.01. The molecular weight excluding hydrogens is 402 g/mol. The lowest BCUT2D eigenvalue weighted by Gasteiger charge is -2.41. The van der Waals surface area contributed by atoms with E-state index in [1.54, 1.807) is 0 Å². The number of nitrogens with zero attached hydrogens (tertiary/aromatic N) is 2. The van der Waals surface area contributed by atoms with Gasteiger partial charge in [0.15, 0.2) is 0 Å². The summed E-state index contributed by atoms with van der Waals surface area (Å²) < 4.78 is 0. The molecule has 0 saturated carbocycles. The summed E-state index contributed by atoms with van der Waals surface area (Å²) in [6, 6.07) is 34.4. The van der Waals surface area contributed by atoms with Crippen LogP contribution in [0.15, 0.2) is 97.1 Å². The first kappa shape index (κ1) is 20.2. The lowest BCUT2D eigenvalue weighted by atomic mass is 10.0. The monoisotopic (exact) mass is 431 g/mol. The van der Waals surface area contributed by atoms with E-state index in [1.807, 2.05) is 0 Å². The summed E-state index contributed by atoms with van der Waals surface area (Å²) in [5.41, 5.74) is 7.36. The van der Waals surface area contributed by atoms with E-state index in [0.717, 1.165) is 0 Å². The maximum Gasteiger partial charge on any atom is 0.0465 e. The highest BCUT2D eigenvalue weighted by molar-refractivity contribution is 6.09. The van der Waals surface area contributed by atoms with Gasteiger partial charge >= 0.3 is 0 Å². The average molecular weight is 432 g/mol. The molecule has 0 atom stereocenters. The van der Waals surface area contributed by atoms with Crippen molar-refractivity contribution in [1.29, 1.82) is 0 Å². The fourth-order valence-corrected chi connectivity index (χ4v) is 5.04. The van der Waals surface area contributed by atoms with E-state index in [-0.39, 0.29) is 0 Å². The summed E-state index contributed by atoms with van der Waals surface area (Å²) in [6.07, 6.45) is 0. The smallest absolute Gasteiger partial charge is 0.0465 e. The maximum absolute atomic E-state index is 3.54. The summed E-state index contributed by atoms with van der Waals surface area (Å²) in [6.45, 7) is 7.92. The molecule has 5 aromatic rings. The zero-order valence-corrected chi connectivity index (χ0v) is 18.9. The SMILES string of the molecule is C1CN2CCN1CC2.c1ccc(-c2ccc3[nH]c4ccc(-c5ccccc5)cc4c3c2)cc1. The topological polar surface area (TPSA) is 22.3 Å². The van der Waals surface area contributed by atoms with Crippen LogP contribution in [-0.2, 0) is 0 Å². The second-order valence-corrected chi connectivity index (χ2v) is 9.06. The molecule has 4 aromatic carbocycles. The molecule has 3 nitrogen and oxygen atoms in total. The van der Waals surface area contributed by atoms with E-state index in [1.165, 1.54) is 83.3 Å². The van der Waals surface area contributed by atoms with E-state index in [2.05, 4.69) is 112 Å². The summed E-state index contributed by atoms with van der Waals surface area (Å²) >= 11 is 0. The predicted molar refractivity (Wildman–Crippen MR) is 140 cm³/mol. The van der Waals surface area contributed by atoms with Crippen LogP contribution in [0.25, 0.3) is 44.1 Å². The Morgan fingerprint density at radius 3 is 1.18 bits per heavy atom. The average Bonchev–Trinajstić information content (AvgIpc) is 3.28. The van der Waals surface area contributed by atoms with Gasteiger partial charge < -0.3 is 4.98 Å². The number of nitrogens with one attached hydrogen (secondary N) is 1. The third-order valence-corrected chi connectivity index (χ3v) is 7.01. The number of aromatic nitrogens is 1. The molecule has 1 N–H and O–H groups in total. The molecule has 3 heteroatoms. The molecule has 3 fully saturated rings. The fourth-order valence-electron chi connectivity index (χ4n) is 5.04. The summed E-state index contributed by atoms with van der Waals surface area (Å²) in [5, 5.41) is 2.54. The van der Waals surface area contributed by atoms with Crippen molar-refractivity contribution in [2.75, 3.05) is 39.3 Å². The summed E-state index contributed by atoms with van der Waals surface area (Å²) in [5.74, 6) is 0. The van der Waals surface area contributed by atoms with Crippen LogP contribution in [0.4, 0.5) is 0 Å². The predicted octanol–water partition coefficient (Wildman–Crippen LogP) is 6.27. The van der Waals surface area contributed by atoms with E-state index in [9.17, 15) is 0 Å². The van der Waals surface area contributed by atoms with Crippen molar-refractivity contribution in [3.8, 4) is 22.3 Å². The van der Waals surface area contributed by atoms with Crippen LogP contribution in [-0.4, -0.2) is 54.1 Å². The third kappa shape index (κ3) is 4.18. The normalized spacial score (nSPS) is 19.4. The number of hydrogen-bond donors (Lipinski definition) is 1. The number of rotatable bonds is 2. The van der Waals surface area contributed by atoms with Gasteiger partial charge in [0.25, 0.3) is 0 Å². The number of piperazine rings is 3. The molecule has 0 radical (unpaired) electrons. The first-order chi connectivity index (χ1) is 16.3. The quantitative estimate of drug-likeness (QED) is 0.356. The number of H-pyrrole nitrogens is 1. The highest BCUT2D eigenvalue weighted by Gasteiger charge is 2.21. The van der Waals surface area contributed by atoms with Crippen LogP contribution in [0.3, 0.4) is 0 Å². The number of benzene rings is 4. The number of aromatic amines is 1. The first-order valence-electron chi connectivity index (χ1n) is 11.9. The maximum atomic E-state index is 3.54. The molecule has 3 aliphatic rings. The molecule has 0 unspecified atom stereocenters. The first-order valence-corrected chi connectivity index (χ1v) is 11.9. The Labute approximate surface area is 195 Å². The largest absolute Gasteiger partial charge is 0.355 e. The van der Waals surface area contributed by atoms with Crippen molar-refractivity contribution < 1.29 is 0 Å². The Kier molecular flexibility index (Phi) is 5.43. The van der Waals surface area contributed by atoms with Gasteiger partial charge in [-0.15, -0.1) is 0 Å². The second kappa shape index (κ2) is 8.86. The van der Waals surface area contributed by atoms with Crippen LogP contribution in [0.2, 0.25) is 0 Å².